The molecule has 0 amide bonds. The van der Waals surface area contributed by atoms with Gasteiger partial charge in [-0.3, -0.25) is 4.79 Å². The summed E-state index contributed by atoms with van der Waals surface area (Å²) in [6.07, 6.45) is 1.65. The number of hydrogen-bond donors (Lipinski definition) is 1. The van der Waals surface area contributed by atoms with Gasteiger partial charge >= 0.3 is 0 Å². The van der Waals surface area contributed by atoms with E-state index < -0.39 is 0 Å². The summed E-state index contributed by atoms with van der Waals surface area (Å²) in [5.41, 5.74) is 3.05. The Morgan fingerprint density at radius 3 is 2.71 bits per heavy atom. The van der Waals surface area contributed by atoms with Crippen molar-refractivity contribution in [1.29, 1.82) is 5.26 Å². The van der Waals surface area contributed by atoms with Crippen LogP contribution in [0.25, 0.3) is 10.9 Å². The van der Waals surface area contributed by atoms with E-state index in [1.807, 2.05) is 13.0 Å². The normalized spacial score (nSPS) is 10.5. The summed E-state index contributed by atoms with van der Waals surface area (Å²) in [4.78, 5) is 15.8. The number of aromatic amines is 1. The minimum Gasteiger partial charge on any atom is -0.360 e. The van der Waals surface area contributed by atoms with Crippen LogP contribution in [0.2, 0.25) is 5.02 Å². The van der Waals surface area contributed by atoms with Crippen molar-refractivity contribution in [3.8, 4) is 6.07 Å². The summed E-state index contributed by atoms with van der Waals surface area (Å²) in [5, 5.41) is 10.4. The van der Waals surface area contributed by atoms with E-state index in [0.717, 1.165) is 11.1 Å². The minimum atomic E-state index is -0.135. The number of carbonyl (C=O) groups excluding carboxylic acids is 1. The maximum Gasteiger partial charge on any atom is 0.195 e. The van der Waals surface area contributed by atoms with Crippen LogP contribution >= 0.6 is 11.6 Å². The molecule has 3 rings (SSSR count). The quantitative estimate of drug-likeness (QED) is 0.719. The molecule has 0 aliphatic carbocycles. The molecule has 3 aromatic rings. The van der Waals surface area contributed by atoms with E-state index in [1.54, 1.807) is 36.5 Å². The van der Waals surface area contributed by atoms with Crippen molar-refractivity contribution >= 4 is 28.3 Å². The molecule has 0 bridgehead atoms. The molecule has 0 saturated carbocycles. The second-order valence-corrected chi connectivity index (χ2v) is 5.19. The van der Waals surface area contributed by atoms with E-state index in [-0.39, 0.29) is 5.78 Å². The summed E-state index contributed by atoms with van der Waals surface area (Å²) in [6.45, 7) is 1.82. The minimum absolute atomic E-state index is 0.135. The highest BCUT2D eigenvalue weighted by molar-refractivity contribution is 6.32. The third kappa shape index (κ3) is 2.10. The Bertz CT molecular complexity index is 903. The number of halogens is 1. The highest BCUT2D eigenvalue weighted by Crippen LogP contribution is 2.27. The highest BCUT2D eigenvalue weighted by Gasteiger charge is 2.18. The van der Waals surface area contributed by atoms with Gasteiger partial charge < -0.3 is 4.98 Å². The first-order valence-corrected chi connectivity index (χ1v) is 6.81. The molecule has 0 spiro atoms. The number of rotatable bonds is 2. The summed E-state index contributed by atoms with van der Waals surface area (Å²) < 4.78 is 0. The van der Waals surface area contributed by atoms with Gasteiger partial charge in [0.05, 0.1) is 11.6 Å². The first-order chi connectivity index (χ1) is 10.1. The number of benzene rings is 2. The molecule has 0 saturated heterocycles. The van der Waals surface area contributed by atoms with E-state index in [2.05, 4.69) is 11.1 Å². The van der Waals surface area contributed by atoms with Crippen LogP contribution in [0, 0.1) is 18.3 Å². The maximum absolute atomic E-state index is 12.8. The van der Waals surface area contributed by atoms with Gasteiger partial charge in [-0.05, 0) is 30.7 Å². The Morgan fingerprint density at radius 1 is 1.19 bits per heavy atom. The number of aromatic nitrogens is 1. The number of nitriles is 1. The fourth-order valence-corrected chi connectivity index (χ4v) is 2.63. The van der Waals surface area contributed by atoms with Gasteiger partial charge in [0.2, 0.25) is 0 Å². The van der Waals surface area contributed by atoms with Gasteiger partial charge in [-0.25, -0.2) is 0 Å². The lowest BCUT2D eigenvalue weighted by Crippen LogP contribution is -2.03. The molecule has 0 unspecified atom stereocenters. The Hall–Kier alpha value is -2.57. The van der Waals surface area contributed by atoms with Crippen LogP contribution < -0.4 is 0 Å². The molecule has 1 aromatic heterocycles. The van der Waals surface area contributed by atoms with Crippen LogP contribution in [0.1, 0.15) is 27.0 Å². The number of nitrogens with zero attached hydrogens (tertiary/aromatic N) is 1. The van der Waals surface area contributed by atoms with Gasteiger partial charge in [-0.1, -0.05) is 29.8 Å². The van der Waals surface area contributed by atoms with Crippen LogP contribution in [0.15, 0.2) is 42.6 Å². The smallest absolute Gasteiger partial charge is 0.195 e. The Kier molecular flexibility index (Phi) is 3.25. The second-order valence-electron chi connectivity index (χ2n) is 4.78. The third-order valence-corrected chi connectivity index (χ3v) is 3.99. The van der Waals surface area contributed by atoms with Gasteiger partial charge in [0, 0.05) is 33.2 Å². The predicted octanol–water partition coefficient (Wildman–Crippen LogP) is 4.23. The molecular weight excluding hydrogens is 284 g/mol. The zero-order valence-electron chi connectivity index (χ0n) is 11.3. The molecule has 0 atom stereocenters. The average Bonchev–Trinajstić information content (AvgIpc) is 2.93. The van der Waals surface area contributed by atoms with Crippen molar-refractivity contribution in [2.24, 2.45) is 0 Å². The number of carbonyl (C=O) groups is 1. The summed E-state index contributed by atoms with van der Waals surface area (Å²) >= 11 is 6.08. The molecule has 1 heterocycles. The van der Waals surface area contributed by atoms with Crippen LogP contribution in [0.5, 0.6) is 0 Å². The standard InChI is InChI=1S/C17H11ClN2O/c1-10-12(5-3-6-14(10)18)17(21)13-9-20-15-7-2-4-11(8-19)16(13)15/h2-7,9,20H,1H3. The first-order valence-electron chi connectivity index (χ1n) is 6.43. The van der Waals surface area contributed by atoms with E-state index in [0.29, 0.717) is 27.1 Å². The molecule has 4 heteroatoms. The van der Waals surface area contributed by atoms with Crippen LogP contribution in [0.3, 0.4) is 0 Å². The van der Waals surface area contributed by atoms with Crippen molar-refractivity contribution in [3.05, 3.63) is 69.9 Å². The largest absolute Gasteiger partial charge is 0.360 e. The SMILES string of the molecule is Cc1c(Cl)cccc1C(=O)c1c[nH]c2cccc(C#N)c12. The summed E-state index contributed by atoms with van der Waals surface area (Å²) in [5.74, 6) is -0.135. The zero-order chi connectivity index (χ0) is 15.0. The molecule has 1 N–H and O–H groups in total. The van der Waals surface area contributed by atoms with E-state index in [4.69, 9.17) is 11.6 Å². The number of ketones is 1. The summed E-state index contributed by atoms with van der Waals surface area (Å²) in [6, 6.07) is 12.7. The fourth-order valence-electron chi connectivity index (χ4n) is 2.46. The Balaban J connectivity index is 2.24. The first kappa shape index (κ1) is 13.4. The number of fused-ring (bicyclic) bond motifs is 1. The van der Waals surface area contributed by atoms with E-state index >= 15 is 0 Å². The van der Waals surface area contributed by atoms with Crippen molar-refractivity contribution in [2.45, 2.75) is 6.92 Å². The molecule has 0 radical (unpaired) electrons. The fraction of sp³-hybridized carbons (Fsp3) is 0.0588. The zero-order valence-corrected chi connectivity index (χ0v) is 12.0. The maximum atomic E-state index is 12.8. The van der Waals surface area contributed by atoms with Crippen LogP contribution in [0.4, 0.5) is 0 Å². The molecule has 2 aromatic carbocycles. The molecule has 0 fully saturated rings. The summed E-state index contributed by atoms with van der Waals surface area (Å²) in [7, 11) is 0. The van der Waals surface area contributed by atoms with Crippen molar-refractivity contribution in [3.63, 3.8) is 0 Å². The highest BCUT2D eigenvalue weighted by atomic mass is 35.5. The molecule has 0 aliphatic heterocycles. The van der Waals surface area contributed by atoms with Crippen molar-refractivity contribution < 1.29 is 4.79 Å². The number of hydrogen-bond acceptors (Lipinski definition) is 2. The lowest BCUT2D eigenvalue weighted by molar-refractivity contribution is 0.103. The van der Waals surface area contributed by atoms with Gasteiger partial charge in [0.15, 0.2) is 5.78 Å². The molecule has 0 aliphatic rings. The lowest BCUT2D eigenvalue weighted by Gasteiger charge is -2.06. The number of H-pyrrole nitrogens is 1. The van der Waals surface area contributed by atoms with Gasteiger partial charge in [-0.15, -0.1) is 0 Å². The molecule has 102 valence electrons. The molecular formula is C17H11ClN2O. The van der Waals surface area contributed by atoms with E-state index in [1.165, 1.54) is 0 Å². The average molecular weight is 295 g/mol. The third-order valence-electron chi connectivity index (χ3n) is 3.58. The number of nitrogens with one attached hydrogen (secondary N) is 1. The molecule has 21 heavy (non-hydrogen) atoms. The predicted molar refractivity (Wildman–Crippen MR) is 82.6 cm³/mol. The van der Waals surface area contributed by atoms with Crippen molar-refractivity contribution in [2.75, 3.05) is 0 Å². The Morgan fingerprint density at radius 2 is 1.95 bits per heavy atom. The second kappa shape index (κ2) is 5.08. The Labute approximate surface area is 126 Å². The monoisotopic (exact) mass is 294 g/mol. The topological polar surface area (TPSA) is 56.6 Å². The van der Waals surface area contributed by atoms with Gasteiger partial charge in [0.1, 0.15) is 0 Å². The van der Waals surface area contributed by atoms with E-state index in [9.17, 15) is 10.1 Å². The van der Waals surface area contributed by atoms with Gasteiger partial charge in [0.25, 0.3) is 0 Å². The van der Waals surface area contributed by atoms with Crippen LogP contribution in [-0.4, -0.2) is 10.8 Å². The van der Waals surface area contributed by atoms with Crippen LogP contribution in [-0.2, 0) is 0 Å². The molecule has 3 nitrogen and oxygen atoms in total. The van der Waals surface area contributed by atoms with Crippen molar-refractivity contribution in [1.82, 2.24) is 4.98 Å². The van der Waals surface area contributed by atoms with Gasteiger partial charge in [-0.2, -0.15) is 5.26 Å². The lowest BCUT2D eigenvalue weighted by atomic mass is 9.97.